The van der Waals surface area contributed by atoms with Gasteiger partial charge in [0.2, 0.25) is 0 Å². The van der Waals surface area contributed by atoms with Crippen molar-refractivity contribution in [3.05, 3.63) is 23.8 Å². The standard InChI is InChI=1S/C22H37N5O2.HI/c1-23-22(25-15-18-16-26(2)12-13-27(18)3)24-14-17-8-7-11-20(28-4)21(17)29-19-9-5-6-10-19;/h7-8,11,18-19H,5-6,9-10,12-16H2,1-4H3,(H2,23,24,25);1H. The van der Waals surface area contributed by atoms with Gasteiger partial charge in [0.25, 0.3) is 0 Å². The lowest BCUT2D eigenvalue weighted by Gasteiger charge is -2.37. The van der Waals surface area contributed by atoms with E-state index in [1.54, 1.807) is 7.11 Å². The fourth-order valence-corrected chi connectivity index (χ4v) is 4.10. The maximum Gasteiger partial charge on any atom is 0.191 e. The normalized spacial score (nSPS) is 21.2. The van der Waals surface area contributed by atoms with Crippen molar-refractivity contribution in [1.82, 2.24) is 20.4 Å². The molecule has 0 radical (unpaired) electrons. The minimum absolute atomic E-state index is 0. The van der Waals surface area contributed by atoms with Crippen LogP contribution in [-0.2, 0) is 6.54 Å². The van der Waals surface area contributed by atoms with Gasteiger partial charge in [-0.2, -0.15) is 0 Å². The van der Waals surface area contributed by atoms with Crippen LogP contribution in [0.2, 0.25) is 0 Å². The van der Waals surface area contributed by atoms with Crippen molar-refractivity contribution in [2.45, 2.75) is 44.4 Å². The minimum atomic E-state index is 0. The van der Waals surface area contributed by atoms with Gasteiger partial charge in [-0.05, 0) is 45.8 Å². The molecule has 2 N–H and O–H groups in total. The molecule has 1 aliphatic heterocycles. The van der Waals surface area contributed by atoms with Crippen molar-refractivity contribution < 1.29 is 9.47 Å². The quantitative estimate of drug-likeness (QED) is 0.321. The number of benzene rings is 1. The first-order chi connectivity index (χ1) is 14.1. The van der Waals surface area contributed by atoms with Crippen molar-refractivity contribution in [2.24, 2.45) is 4.99 Å². The smallest absolute Gasteiger partial charge is 0.191 e. The van der Waals surface area contributed by atoms with Gasteiger partial charge in [0.1, 0.15) is 0 Å². The van der Waals surface area contributed by atoms with E-state index in [4.69, 9.17) is 9.47 Å². The van der Waals surface area contributed by atoms with E-state index in [-0.39, 0.29) is 24.0 Å². The van der Waals surface area contributed by atoms with Crippen LogP contribution in [0.25, 0.3) is 0 Å². The highest BCUT2D eigenvalue weighted by Gasteiger charge is 2.23. The molecule has 0 spiro atoms. The number of rotatable bonds is 7. The number of methoxy groups -OCH3 is 1. The molecule has 1 aromatic carbocycles. The molecule has 1 atom stereocenters. The van der Waals surface area contributed by atoms with Gasteiger partial charge in [-0.3, -0.25) is 9.89 Å². The summed E-state index contributed by atoms with van der Waals surface area (Å²) in [6, 6.07) is 6.55. The van der Waals surface area contributed by atoms with Gasteiger partial charge in [0.15, 0.2) is 17.5 Å². The predicted octanol–water partition coefficient (Wildman–Crippen LogP) is 2.55. The van der Waals surface area contributed by atoms with E-state index in [0.29, 0.717) is 18.7 Å². The Morgan fingerprint density at radius 2 is 1.93 bits per heavy atom. The average Bonchev–Trinajstić information content (AvgIpc) is 3.24. The zero-order chi connectivity index (χ0) is 20.6. The summed E-state index contributed by atoms with van der Waals surface area (Å²) in [6.07, 6.45) is 5.03. The fourth-order valence-electron chi connectivity index (χ4n) is 4.10. The number of nitrogens with one attached hydrogen (secondary N) is 2. The van der Waals surface area contributed by atoms with Gasteiger partial charge in [-0.25, -0.2) is 0 Å². The number of halogens is 1. The highest BCUT2D eigenvalue weighted by Crippen LogP contribution is 2.34. The number of guanidine groups is 1. The van der Waals surface area contributed by atoms with Gasteiger partial charge in [-0.1, -0.05) is 12.1 Å². The van der Waals surface area contributed by atoms with Crippen LogP contribution in [-0.4, -0.2) is 82.3 Å². The van der Waals surface area contributed by atoms with Crippen LogP contribution in [0, 0.1) is 0 Å². The predicted molar refractivity (Wildman–Crippen MR) is 133 cm³/mol. The van der Waals surface area contributed by atoms with Crippen LogP contribution in [0.4, 0.5) is 0 Å². The molecule has 2 fully saturated rings. The molecule has 1 unspecified atom stereocenters. The first-order valence-corrected chi connectivity index (χ1v) is 10.8. The Kier molecular flexibility index (Phi) is 10.5. The molecule has 1 saturated carbocycles. The summed E-state index contributed by atoms with van der Waals surface area (Å²) in [5.41, 5.74) is 1.09. The van der Waals surface area contributed by atoms with Gasteiger partial charge >= 0.3 is 0 Å². The number of aliphatic imine (C=N–C) groups is 1. The second-order valence-corrected chi connectivity index (χ2v) is 8.18. The van der Waals surface area contributed by atoms with Crippen molar-refractivity contribution in [3.8, 4) is 11.5 Å². The Balaban J connectivity index is 0.00000320. The van der Waals surface area contributed by atoms with Gasteiger partial charge < -0.3 is 25.0 Å². The summed E-state index contributed by atoms with van der Waals surface area (Å²) in [4.78, 5) is 9.19. The van der Waals surface area contributed by atoms with Crippen LogP contribution in [0.5, 0.6) is 11.5 Å². The van der Waals surface area contributed by atoms with Crippen molar-refractivity contribution >= 4 is 29.9 Å². The molecule has 7 nitrogen and oxygen atoms in total. The zero-order valence-corrected chi connectivity index (χ0v) is 21.1. The summed E-state index contributed by atoms with van der Waals surface area (Å²) >= 11 is 0. The molecular weight excluding hydrogens is 493 g/mol. The van der Waals surface area contributed by atoms with E-state index in [2.05, 4.69) is 45.6 Å². The fraction of sp³-hybridized carbons (Fsp3) is 0.682. The third-order valence-electron chi connectivity index (χ3n) is 6.02. The third kappa shape index (κ3) is 6.88. The maximum atomic E-state index is 6.34. The lowest BCUT2D eigenvalue weighted by Crippen LogP contribution is -2.55. The van der Waals surface area contributed by atoms with Crippen molar-refractivity contribution in [3.63, 3.8) is 0 Å². The lowest BCUT2D eigenvalue weighted by molar-refractivity contribution is 0.116. The minimum Gasteiger partial charge on any atom is -0.493 e. The summed E-state index contributed by atoms with van der Waals surface area (Å²) in [5.74, 6) is 2.46. The molecule has 0 amide bonds. The Bertz CT molecular complexity index is 681. The molecule has 3 rings (SSSR count). The van der Waals surface area contributed by atoms with Gasteiger partial charge in [0, 0.05) is 51.4 Å². The van der Waals surface area contributed by atoms with E-state index in [1.807, 2.05) is 19.2 Å². The van der Waals surface area contributed by atoms with E-state index in [9.17, 15) is 0 Å². The Labute approximate surface area is 198 Å². The highest BCUT2D eigenvalue weighted by molar-refractivity contribution is 14.0. The molecule has 30 heavy (non-hydrogen) atoms. The molecule has 1 heterocycles. The number of hydrogen-bond donors (Lipinski definition) is 2. The zero-order valence-electron chi connectivity index (χ0n) is 18.8. The second kappa shape index (κ2) is 12.6. The number of nitrogens with zero attached hydrogens (tertiary/aromatic N) is 3. The molecule has 0 aromatic heterocycles. The van der Waals surface area contributed by atoms with Crippen LogP contribution >= 0.6 is 24.0 Å². The van der Waals surface area contributed by atoms with E-state index < -0.39 is 0 Å². The Morgan fingerprint density at radius 1 is 1.17 bits per heavy atom. The van der Waals surface area contributed by atoms with Crippen molar-refractivity contribution in [1.29, 1.82) is 0 Å². The summed E-state index contributed by atoms with van der Waals surface area (Å²) in [7, 11) is 7.89. The van der Waals surface area contributed by atoms with Crippen LogP contribution < -0.4 is 20.1 Å². The first-order valence-electron chi connectivity index (χ1n) is 10.8. The van der Waals surface area contributed by atoms with Crippen LogP contribution in [0.3, 0.4) is 0 Å². The molecule has 170 valence electrons. The Hall–Kier alpha value is -1.26. The van der Waals surface area contributed by atoms with Gasteiger partial charge in [-0.15, -0.1) is 24.0 Å². The number of piperazine rings is 1. The molecule has 8 heteroatoms. The van der Waals surface area contributed by atoms with Crippen LogP contribution in [0.1, 0.15) is 31.2 Å². The van der Waals surface area contributed by atoms with E-state index in [0.717, 1.165) is 62.0 Å². The summed E-state index contributed by atoms with van der Waals surface area (Å²) < 4.78 is 11.9. The van der Waals surface area contributed by atoms with Gasteiger partial charge in [0.05, 0.1) is 13.2 Å². The van der Waals surface area contributed by atoms with E-state index in [1.165, 1.54) is 12.8 Å². The summed E-state index contributed by atoms with van der Waals surface area (Å²) in [6.45, 7) is 4.79. The summed E-state index contributed by atoms with van der Waals surface area (Å²) in [5, 5.41) is 6.92. The average molecular weight is 531 g/mol. The highest BCUT2D eigenvalue weighted by atomic mass is 127. The van der Waals surface area contributed by atoms with Crippen LogP contribution in [0.15, 0.2) is 23.2 Å². The van der Waals surface area contributed by atoms with Crippen molar-refractivity contribution in [2.75, 3.05) is 54.4 Å². The molecule has 2 aliphatic rings. The Morgan fingerprint density at radius 3 is 2.63 bits per heavy atom. The molecule has 1 aromatic rings. The monoisotopic (exact) mass is 531 g/mol. The molecule has 1 aliphatic carbocycles. The number of para-hydroxylation sites is 1. The SMILES string of the molecule is CN=C(NCc1cccc(OC)c1OC1CCCC1)NCC1CN(C)CCN1C.I. The maximum absolute atomic E-state index is 6.34. The number of ether oxygens (including phenoxy) is 2. The topological polar surface area (TPSA) is 61.4 Å². The number of likely N-dealkylation sites (N-methyl/N-ethyl adjacent to an activating group) is 2. The molecule has 0 bridgehead atoms. The largest absolute Gasteiger partial charge is 0.493 e. The number of hydrogen-bond acceptors (Lipinski definition) is 5. The first kappa shape index (κ1) is 25.0. The second-order valence-electron chi connectivity index (χ2n) is 8.18. The lowest BCUT2D eigenvalue weighted by atomic mass is 10.1. The molecule has 1 saturated heterocycles. The van der Waals surface area contributed by atoms with E-state index >= 15 is 0 Å². The molecular formula is C22H38IN5O2. The third-order valence-corrected chi connectivity index (χ3v) is 6.02.